The van der Waals surface area contributed by atoms with Crippen LogP contribution in [-0.4, -0.2) is 43.4 Å². The normalized spacial score (nSPS) is 18.7. The first-order valence-corrected chi connectivity index (χ1v) is 7.64. The Morgan fingerprint density at radius 3 is 2.79 bits per heavy atom. The highest BCUT2D eigenvalue weighted by molar-refractivity contribution is 9.10. The van der Waals surface area contributed by atoms with Crippen LogP contribution in [0.3, 0.4) is 0 Å². The van der Waals surface area contributed by atoms with Crippen LogP contribution in [0.2, 0.25) is 0 Å². The van der Waals surface area contributed by atoms with E-state index in [1.54, 1.807) is 0 Å². The monoisotopic (exact) mass is 327 g/mol. The standard InChI is InChI=1S/C15H22BrNO2/c1-17(10-12-5-7-19-8-6-12)15(11-18)13-3-2-4-14(16)9-13/h2-4,9,12,15,18H,5-8,10-11H2,1H3/t15-/m1/s1. The van der Waals surface area contributed by atoms with Crippen molar-refractivity contribution >= 4 is 15.9 Å². The van der Waals surface area contributed by atoms with Crippen LogP contribution in [0.4, 0.5) is 0 Å². The molecule has 2 rings (SSSR count). The molecule has 1 N–H and O–H groups in total. The van der Waals surface area contributed by atoms with E-state index in [-0.39, 0.29) is 12.6 Å². The van der Waals surface area contributed by atoms with Gasteiger partial charge in [-0.3, -0.25) is 4.90 Å². The maximum Gasteiger partial charge on any atom is 0.0628 e. The van der Waals surface area contributed by atoms with Gasteiger partial charge in [0.25, 0.3) is 0 Å². The molecule has 1 heterocycles. The summed E-state index contributed by atoms with van der Waals surface area (Å²) in [5.74, 6) is 0.681. The van der Waals surface area contributed by atoms with Crippen molar-refractivity contribution in [1.29, 1.82) is 0 Å². The van der Waals surface area contributed by atoms with Crippen molar-refractivity contribution in [3.8, 4) is 0 Å². The first-order chi connectivity index (χ1) is 9.20. The third kappa shape index (κ3) is 4.28. The maximum absolute atomic E-state index is 9.69. The van der Waals surface area contributed by atoms with Crippen LogP contribution in [0.5, 0.6) is 0 Å². The molecule has 1 saturated heterocycles. The van der Waals surface area contributed by atoms with Crippen LogP contribution in [0, 0.1) is 5.92 Å². The summed E-state index contributed by atoms with van der Waals surface area (Å²) in [5, 5.41) is 9.69. The number of halogens is 1. The van der Waals surface area contributed by atoms with E-state index < -0.39 is 0 Å². The number of aliphatic hydroxyl groups excluding tert-OH is 1. The van der Waals surface area contributed by atoms with Crippen LogP contribution >= 0.6 is 15.9 Å². The van der Waals surface area contributed by atoms with E-state index >= 15 is 0 Å². The molecule has 1 fully saturated rings. The molecule has 0 unspecified atom stereocenters. The summed E-state index contributed by atoms with van der Waals surface area (Å²) < 4.78 is 6.45. The quantitative estimate of drug-likeness (QED) is 0.902. The van der Waals surface area contributed by atoms with Gasteiger partial charge in [0.2, 0.25) is 0 Å². The highest BCUT2D eigenvalue weighted by atomic mass is 79.9. The minimum atomic E-state index is 0.0698. The molecule has 1 aromatic rings. The van der Waals surface area contributed by atoms with E-state index in [0.29, 0.717) is 5.92 Å². The molecule has 3 nitrogen and oxygen atoms in total. The molecule has 1 atom stereocenters. The first-order valence-electron chi connectivity index (χ1n) is 6.85. The van der Waals surface area contributed by atoms with Crippen LogP contribution in [0.1, 0.15) is 24.4 Å². The molecule has 0 bridgehead atoms. The molecular formula is C15H22BrNO2. The predicted octanol–water partition coefficient (Wildman–Crippen LogP) is 2.84. The lowest BCUT2D eigenvalue weighted by atomic mass is 9.98. The van der Waals surface area contributed by atoms with Crippen molar-refractivity contribution in [3.05, 3.63) is 34.3 Å². The van der Waals surface area contributed by atoms with E-state index in [0.717, 1.165) is 42.6 Å². The van der Waals surface area contributed by atoms with Crippen molar-refractivity contribution in [2.45, 2.75) is 18.9 Å². The molecule has 19 heavy (non-hydrogen) atoms. The van der Waals surface area contributed by atoms with Crippen LogP contribution in [-0.2, 0) is 4.74 Å². The van der Waals surface area contributed by atoms with E-state index in [1.807, 2.05) is 12.1 Å². The van der Waals surface area contributed by atoms with E-state index in [1.165, 1.54) is 0 Å². The molecule has 1 aliphatic heterocycles. The zero-order chi connectivity index (χ0) is 13.7. The number of ether oxygens (including phenoxy) is 1. The molecule has 0 saturated carbocycles. The van der Waals surface area contributed by atoms with Gasteiger partial charge < -0.3 is 9.84 Å². The zero-order valence-corrected chi connectivity index (χ0v) is 13.0. The van der Waals surface area contributed by atoms with Gasteiger partial charge in [-0.15, -0.1) is 0 Å². The molecular weight excluding hydrogens is 306 g/mol. The van der Waals surface area contributed by atoms with Gasteiger partial charge in [-0.25, -0.2) is 0 Å². The third-order valence-electron chi connectivity index (χ3n) is 3.83. The summed E-state index contributed by atoms with van der Waals surface area (Å²) >= 11 is 3.49. The average molecular weight is 328 g/mol. The van der Waals surface area contributed by atoms with Gasteiger partial charge in [-0.2, -0.15) is 0 Å². The fourth-order valence-electron chi connectivity index (χ4n) is 2.68. The van der Waals surface area contributed by atoms with Gasteiger partial charge in [0.15, 0.2) is 0 Å². The van der Waals surface area contributed by atoms with Gasteiger partial charge in [0.1, 0.15) is 0 Å². The number of likely N-dealkylation sites (N-methyl/N-ethyl adjacent to an activating group) is 1. The van der Waals surface area contributed by atoms with Gasteiger partial charge in [0, 0.05) is 24.2 Å². The van der Waals surface area contributed by atoms with Gasteiger partial charge >= 0.3 is 0 Å². The van der Waals surface area contributed by atoms with Gasteiger partial charge in [-0.05, 0) is 43.5 Å². The number of benzene rings is 1. The van der Waals surface area contributed by atoms with Crippen molar-refractivity contribution in [2.24, 2.45) is 5.92 Å². The van der Waals surface area contributed by atoms with E-state index in [9.17, 15) is 5.11 Å². The minimum Gasteiger partial charge on any atom is -0.394 e. The number of aliphatic hydroxyl groups is 1. The Morgan fingerprint density at radius 1 is 1.42 bits per heavy atom. The summed E-state index contributed by atoms with van der Waals surface area (Å²) in [6.45, 7) is 2.91. The SMILES string of the molecule is CN(CC1CCOCC1)[C@H](CO)c1cccc(Br)c1. The fraction of sp³-hybridized carbons (Fsp3) is 0.600. The Bertz CT molecular complexity index is 393. The van der Waals surface area contributed by atoms with Crippen LogP contribution < -0.4 is 0 Å². The Kier molecular flexibility index (Phi) is 5.82. The smallest absolute Gasteiger partial charge is 0.0628 e. The number of hydrogen-bond acceptors (Lipinski definition) is 3. The van der Waals surface area contributed by atoms with Crippen molar-refractivity contribution in [3.63, 3.8) is 0 Å². The first kappa shape index (κ1) is 15.0. The Labute approximate surface area is 123 Å². The number of nitrogens with zero attached hydrogens (tertiary/aromatic N) is 1. The fourth-order valence-corrected chi connectivity index (χ4v) is 3.09. The van der Waals surface area contributed by atoms with E-state index in [2.05, 4.69) is 40.0 Å². The number of hydrogen-bond donors (Lipinski definition) is 1. The Balaban J connectivity index is 1.99. The van der Waals surface area contributed by atoms with Crippen LogP contribution in [0.25, 0.3) is 0 Å². The largest absolute Gasteiger partial charge is 0.394 e. The Hall–Kier alpha value is -0.420. The molecule has 0 aromatic heterocycles. The van der Waals surface area contributed by atoms with Crippen molar-refractivity contribution < 1.29 is 9.84 Å². The number of rotatable bonds is 5. The van der Waals surface area contributed by atoms with Crippen LogP contribution in [0.15, 0.2) is 28.7 Å². The second-order valence-corrected chi connectivity index (χ2v) is 6.16. The van der Waals surface area contributed by atoms with E-state index in [4.69, 9.17) is 4.74 Å². The second kappa shape index (κ2) is 7.39. The third-order valence-corrected chi connectivity index (χ3v) is 4.32. The summed E-state index contributed by atoms with van der Waals surface area (Å²) in [4.78, 5) is 2.26. The second-order valence-electron chi connectivity index (χ2n) is 5.25. The van der Waals surface area contributed by atoms with Crippen molar-refractivity contribution in [1.82, 2.24) is 4.90 Å². The molecule has 4 heteroatoms. The summed E-state index contributed by atoms with van der Waals surface area (Å²) in [6, 6.07) is 8.26. The molecule has 0 spiro atoms. The summed E-state index contributed by atoms with van der Waals surface area (Å²) in [6.07, 6.45) is 2.25. The van der Waals surface area contributed by atoms with Gasteiger partial charge in [-0.1, -0.05) is 28.1 Å². The molecule has 0 radical (unpaired) electrons. The summed E-state index contributed by atoms with van der Waals surface area (Å²) in [7, 11) is 2.09. The molecule has 1 aromatic carbocycles. The lowest BCUT2D eigenvalue weighted by Crippen LogP contribution is -2.34. The molecule has 0 amide bonds. The van der Waals surface area contributed by atoms with Crippen molar-refractivity contribution in [2.75, 3.05) is 33.4 Å². The van der Waals surface area contributed by atoms with Gasteiger partial charge in [0.05, 0.1) is 12.6 Å². The highest BCUT2D eigenvalue weighted by Crippen LogP contribution is 2.25. The molecule has 106 valence electrons. The molecule has 0 aliphatic carbocycles. The molecule has 1 aliphatic rings. The average Bonchev–Trinajstić information content (AvgIpc) is 2.41. The minimum absolute atomic E-state index is 0.0698. The summed E-state index contributed by atoms with van der Waals surface area (Å²) in [5.41, 5.74) is 1.16. The zero-order valence-electron chi connectivity index (χ0n) is 11.4. The maximum atomic E-state index is 9.69. The Morgan fingerprint density at radius 2 is 2.16 bits per heavy atom. The highest BCUT2D eigenvalue weighted by Gasteiger charge is 2.21. The lowest BCUT2D eigenvalue weighted by molar-refractivity contribution is 0.0444. The predicted molar refractivity (Wildman–Crippen MR) is 80.1 cm³/mol. The lowest BCUT2D eigenvalue weighted by Gasteiger charge is -2.32. The topological polar surface area (TPSA) is 32.7 Å².